The van der Waals surface area contributed by atoms with E-state index in [1.54, 1.807) is 0 Å². The van der Waals surface area contributed by atoms with E-state index in [4.69, 9.17) is 14.6 Å². The van der Waals surface area contributed by atoms with E-state index in [1.807, 2.05) is 78.9 Å². The van der Waals surface area contributed by atoms with Gasteiger partial charge in [0.2, 0.25) is 0 Å². The van der Waals surface area contributed by atoms with E-state index in [0.717, 1.165) is 16.7 Å². The standard InChI is InChI=1S/C28H28O4/c29-19-20-31-21-22-32-23-27(30)28(16-13-25-9-5-2-6-10-25)17-14-26(15-18-28)12-11-24-7-3-1-4-8-24/h1-10,14-15,17,27,29-30H,18-23H2. The van der Waals surface area contributed by atoms with E-state index in [9.17, 15) is 5.11 Å². The SMILES string of the molecule is OCCOCCOCC(O)C1(C#Cc2ccccc2)C=CC(C#Cc2ccccc2)=CC1. The molecule has 2 N–H and O–H groups in total. The van der Waals surface area contributed by atoms with Gasteiger partial charge in [0.05, 0.1) is 44.6 Å². The molecule has 0 amide bonds. The molecule has 0 spiro atoms. The van der Waals surface area contributed by atoms with Gasteiger partial charge in [-0.25, -0.2) is 0 Å². The second kappa shape index (κ2) is 12.7. The molecule has 1 aliphatic rings. The molecule has 164 valence electrons. The molecule has 0 fully saturated rings. The molecule has 32 heavy (non-hydrogen) atoms. The summed E-state index contributed by atoms with van der Waals surface area (Å²) in [5.74, 6) is 12.8. The number of hydrogen-bond donors (Lipinski definition) is 2. The van der Waals surface area contributed by atoms with Crippen molar-refractivity contribution >= 4 is 0 Å². The molecule has 0 heterocycles. The predicted molar refractivity (Wildman–Crippen MR) is 126 cm³/mol. The number of hydrogen-bond acceptors (Lipinski definition) is 4. The smallest absolute Gasteiger partial charge is 0.0977 e. The molecular formula is C28H28O4. The molecule has 0 bridgehead atoms. The van der Waals surface area contributed by atoms with Gasteiger partial charge in [0.1, 0.15) is 0 Å². The molecule has 0 radical (unpaired) electrons. The fourth-order valence-corrected chi connectivity index (χ4v) is 3.17. The first-order valence-corrected chi connectivity index (χ1v) is 10.7. The topological polar surface area (TPSA) is 58.9 Å². The Balaban J connectivity index is 1.71. The predicted octanol–water partition coefficient (Wildman–Crippen LogP) is 3.35. The maximum Gasteiger partial charge on any atom is 0.0977 e. The van der Waals surface area contributed by atoms with Gasteiger partial charge in [-0.05, 0) is 36.8 Å². The summed E-state index contributed by atoms with van der Waals surface area (Å²) in [6.07, 6.45) is 5.60. The zero-order valence-corrected chi connectivity index (χ0v) is 18.0. The highest BCUT2D eigenvalue weighted by atomic mass is 16.5. The average molecular weight is 429 g/mol. The van der Waals surface area contributed by atoms with Crippen LogP contribution in [0.15, 0.2) is 84.5 Å². The number of rotatable bonds is 8. The van der Waals surface area contributed by atoms with Crippen molar-refractivity contribution in [2.24, 2.45) is 5.41 Å². The summed E-state index contributed by atoms with van der Waals surface area (Å²) in [4.78, 5) is 0. The summed E-state index contributed by atoms with van der Waals surface area (Å²) in [6.45, 7) is 1.10. The fourth-order valence-electron chi connectivity index (χ4n) is 3.17. The van der Waals surface area contributed by atoms with Crippen LogP contribution in [0, 0.1) is 29.1 Å². The lowest BCUT2D eigenvalue weighted by Gasteiger charge is -2.31. The van der Waals surface area contributed by atoms with Crippen LogP contribution in [0.4, 0.5) is 0 Å². The van der Waals surface area contributed by atoms with Crippen molar-refractivity contribution in [2.75, 3.05) is 33.0 Å². The number of aliphatic hydroxyl groups is 2. The van der Waals surface area contributed by atoms with Gasteiger partial charge >= 0.3 is 0 Å². The summed E-state index contributed by atoms with van der Waals surface area (Å²) in [6, 6.07) is 19.6. The molecule has 2 unspecified atom stereocenters. The Labute approximate surface area is 190 Å². The van der Waals surface area contributed by atoms with Gasteiger partial charge < -0.3 is 19.7 Å². The van der Waals surface area contributed by atoms with E-state index in [-0.39, 0.29) is 19.8 Å². The fraction of sp³-hybridized carbons (Fsp3) is 0.286. The van der Waals surface area contributed by atoms with Gasteiger partial charge in [-0.2, -0.15) is 0 Å². The highest BCUT2D eigenvalue weighted by Gasteiger charge is 2.34. The van der Waals surface area contributed by atoms with E-state index in [2.05, 4.69) is 23.7 Å². The Morgan fingerprint density at radius 1 is 0.844 bits per heavy atom. The molecule has 2 aromatic rings. The largest absolute Gasteiger partial charge is 0.394 e. The second-order valence-corrected chi connectivity index (χ2v) is 7.40. The van der Waals surface area contributed by atoms with Crippen LogP contribution < -0.4 is 0 Å². The first-order chi connectivity index (χ1) is 15.7. The van der Waals surface area contributed by atoms with E-state index in [0.29, 0.717) is 19.6 Å². The van der Waals surface area contributed by atoms with Crippen molar-refractivity contribution in [3.63, 3.8) is 0 Å². The minimum Gasteiger partial charge on any atom is -0.394 e. The van der Waals surface area contributed by atoms with Crippen LogP contribution in [0.1, 0.15) is 17.5 Å². The van der Waals surface area contributed by atoms with Gasteiger partial charge in [-0.1, -0.05) is 72.2 Å². The second-order valence-electron chi connectivity index (χ2n) is 7.40. The van der Waals surface area contributed by atoms with E-state index >= 15 is 0 Å². The molecule has 0 saturated heterocycles. The third-order valence-corrected chi connectivity index (χ3v) is 5.04. The molecule has 4 heteroatoms. The maximum atomic E-state index is 11.0. The van der Waals surface area contributed by atoms with Crippen LogP contribution in [0.2, 0.25) is 0 Å². The average Bonchev–Trinajstić information content (AvgIpc) is 2.85. The van der Waals surface area contributed by atoms with Crippen molar-refractivity contribution < 1.29 is 19.7 Å². The summed E-state index contributed by atoms with van der Waals surface area (Å²) < 4.78 is 10.8. The van der Waals surface area contributed by atoms with Crippen molar-refractivity contribution in [1.29, 1.82) is 0 Å². The van der Waals surface area contributed by atoms with Crippen molar-refractivity contribution in [1.82, 2.24) is 0 Å². The number of aliphatic hydroxyl groups excluding tert-OH is 2. The third-order valence-electron chi connectivity index (χ3n) is 5.04. The monoisotopic (exact) mass is 428 g/mol. The van der Waals surface area contributed by atoms with Crippen molar-refractivity contribution in [3.8, 4) is 23.7 Å². The molecule has 3 rings (SSSR count). The Hall–Kier alpha value is -3.12. The quantitative estimate of drug-likeness (QED) is 0.500. The molecule has 2 aromatic carbocycles. The molecular weight excluding hydrogens is 400 g/mol. The normalized spacial score (nSPS) is 18.0. The lowest BCUT2D eigenvalue weighted by Crippen LogP contribution is -2.37. The number of benzene rings is 2. The van der Waals surface area contributed by atoms with Crippen LogP contribution in [0.5, 0.6) is 0 Å². The molecule has 0 aliphatic heterocycles. The number of allylic oxidation sites excluding steroid dienone is 3. The van der Waals surface area contributed by atoms with Gasteiger partial charge in [0.15, 0.2) is 0 Å². The first kappa shape index (κ1) is 23.5. The van der Waals surface area contributed by atoms with Crippen LogP contribution >= 0.6 is 0 Å². The summed E-state index contributed by atoms with van der Waals surface area (Å²) in [5.41, 5.74) is 1.99. The zero-order valence-electron chi connectivity index (χ0n) is 18.0. The lowest BCUT2D eigenvalue weighted by atomic mass is 9.76. The highest BCUT2D eigenvalue weighted by Crippen LogP contribution is 2.33. The summed E-state index contributed by atoms with van der Waals surface area (Å²) in [7, 11) is 0. The lowest BCUT2D eigenvalue weighted by molar-refractivity contribution is -0.0254. The number of ether oxygens (including phenoxy) is 2. The molecule has 0 aromatic heterocycles. The Morgan fingerprint density at radius 2 is 1.50 bits per heavy atom. The van der Waals surface area contributed by atoms with Crippen LogP contribution in [0.3, 0.4) is 0 Å². The van der Waals surface area contributed by atoms with Crippen LogP contribution in [-0.4, -0.2) is 49.4 Å². The minimum atomic E-state index is -0.812. The van der Waals surface area contributed by atoms with E-state index in [1.165, 1.54) is 0 Å². The molecule has 2 atom stereocenters. The molecule has 1 aliphatic carbocycles. The third kappa shape index (κ3) is 7.24. The van der Waals surface area contributed by atoms with Crippen molar-refractivity contribution in [3.05, 3.63) is 95.6 Å². The minimum absolute atomic E-state index is 0.0204. The highest BCUT2D eigenvalue weighted by molar-refractivity contribution is 5.49. The summed E-state index contributed by atoms with van der Waals surface area (Å²) in [5, 5.41) is 19.7. The van der Waals surface area contributed by atoms with Crippen LogP contribution in [-0.2, 0) is 9.47 Å². The zero-order chi connectivity index (χ0) is 22.5. The Bertz CT molecular complexity index is 1020. The Morgan fingerprint density at radius 3 is 2.12 bits per heavy atom. The Kier molecular flexibility index (Phi) is 9.32. The van der Waals surface area contributed by atoms with Crippen LogP contribution in [0.25, 0.3) is 0 Å². The molecule has 0 saturated carbocycles. The van der Waals surface area contributed by atoms with Gasteiger partial charge in [-0.15, -0.1) is 0 Å². The first-order valence-electron chi connectivity index (χ1n) is 10.7. The summed E-state index contributed by atoms with van der Waals surface area (Å²) >= 11 is 0. The van der Waals surface area contributed by atoms with Gasteiger partial charge in [0.25, 0.3) is 0 Å². The van der Waals surface area contributed by atoms with E-state index < -0.39 is 11.5 Å². The van der Waals surface area contributed by atoms with Gasteiger partial charge in [0, 0.05) is 16.7 Å². The molecule has 4 nitrogen and oxygen atoms in total. The van der Waals surface area contributed by atoms with Gasteiger partial charge in [-0.3, -0.25) is 0 Å². The maximum absolute atomic E-state index is 11.0. The van der Waals surface area contributed by atoms with Crippen molar-refractivity contribution in [2.45, 2.75) is 12.5 Å².